The van der Waals surface area contributed by atoms with Gasteiger partial charge in [0, 0.05) is 18.6 Å². The Morgan fingerprint density at radius 1 is 1.47 bits per heavy atom. The molecule has 2 nitrogen and oxygen atoms in total. The van der Waals surface area contributed by atoms with Crippen LogP contribution in [0.1, 0.15) is 12.5 Å². The summed E-state index contributed by atoms with van der Waals surface area (Å²) in [6.45, 7) is 4.71. The predicted octanol–water partition coefficient (Wildman–Crippen LogP) is 2.97. The highest BCUT2D eigenvalue weighted by Crippen LogP contribution is 2.12. The molecule has 0 heterocycles. The van der Waals surface area contributed by atoms with Gasteiger partial charge in [0.1, 0.15) is 5.75 Å². The zero-order valence-electron chi connectivity index (χ0n) is 8.86. The molecule has 1 rings (SSSR count). The SMILES string of the molecule is CCN(C/C=C/Cl)Cc1cccc(O)c1. The molecular formula is C12H16ClNO. The molecular weight excluding hydrogens is 210 g/mol. The number of aromatic hydroxyl groups is 1. The molecule has 0 saturated carbocycles. The van der Waals surface area contributed by atoms with Crippen LogP contribution in [0.4, 0.5) is 0 Å². The lowest BCUT2D eigenvalue weighted by Crippen LogP contribution is -2.22. The zero-order valence-corrected chi connectivity index (χ0v) is 9.61. The fourth-order valence-electron chi connectivity index (χ4n) is 1.41. The lowest BCUT2D eigenvalue weighted by Gasteiger charge is -2.18. The van der Waals surface area contributed by atoms with Gasteiger partial charge in [0.2, 0.25) is 0 Å². The molecule has 0 fully saturated rings. The zero-order chi connectivity index (χ0) is 11.1. The van der Waals surface area contributed by atoms with Crippen molar-refractivity contribution in [2.45, 2.75) is 13.5 Å². The first-order valence-electron chi connectivity index (χ1n) is 5.01. The first-order valence-corrected chi connectivity index (χ1v) is 5.45. The topological polar surface area (TPSA) is 23.5 Å². The van der Waals surface area contributed by atoms with E-state index < -0.39 is 0 Å². The molecule has 0 unspecified atom stereocenters. The minimum Gasteiger partial charge on any atom is -0.508 e. The van der Waals surface area contributed by atoms with E-state index in [2.05, 4.69) is 11.8 Å². The largest absolute Gasteiger partial charge is 0.508 e. The van der Waals surface area contributed by atoms with Crippen molar-refractivity contribution < 1.29 is 5.11 Å². The van der Waals surface area contributed by atoms with Gasteiger partial charge in [-0.25, -0.2) is 0 Å². The van der Waals surface area contributed by atoms with E-state index in [-0.39, 0.29) is 0 Å². The van der Waals surface area contributed by atoms with Crippen LogP contribution in [-0.4, -0.2) is 23.1 Å². The average molecular weight is 226 g/mol. The van der Waals surface area contributed by atoms with Crippen molar-refractivity contribution in [1.82, 2.24) is 4.90 Å². The summed E-state index contributed by atoms with van der Waals surface area (Å²) in [6, 6.07) is 7.33. The summed E-state index contributed by atoms with van der Waals surface area (Å²) in [7, 11) is 0. The summed E-state index contributed by atoms with van der Waals surface area (Å²) in [5.41, 5.74) is 2.64. The van der Waals surface area contributed by atoms with Crippen molar-refractivity contribution in [2.75, 3.05) is 13.1 Å². The maximum Gasteiger partial charge on any atom is 0.115 e. The lowest BCUT2D eigenvalue weighted by molar-refractivity contribution is 0.310. The molecule has 0 radical (unpaired) electrons. The van der Waals surface area contributed by atoms with E-state index in [0.29, 0.717) is 5.75 Å². The molecule has 3 heteroatoms. The van der Waals surface area contributed by atoms with Gasteiger partial charge in [0.15, 0.2) is 0 Å². The lowest BCUT2D eigenvalue weighted by atomic mass is 10.2. The van der Waals surface area contributed by atoms with E-state index >= 15 is 0 Å². The summed E-state index contributed by atoms with van der Waals surface area (Å²) < 4.78 is 0. The van der Waals surface area contributed by atoms with Crippen LogP contribution in [0.25, 0.3) is 0 Å². The van der Waals surface area contributed by atoms with E-state index in [4.69, 9.17) is 11.6 Å². The van der Waals surface area contributed by atoms with Gasteiger partial charge in [-0.2, -0.15) is 0 Å². The van der Waals surface area contributed by atoms with E-state index in [0.717, 1.165) is 25.2 Å². The number of benzene rings is 1. The highest BCUT2D eigenvalue weighted by atomic mass is 35.5. The van der Waals surface area contributed by atoms with E-state index in [9.17, 15) is 5.11 Å². The van der Waals surface area contributed by atoms with Crippen molar-refractivity contribution >= 4 is 11.6 Å². The normalized spacial score (nSPS) is 11.4. The minimum atomic E-state index is 0.316. The molecule has 0 aliphatic carbocycles. The Labute approximate surface area is 95.8 Å². The van der Waals surface area contributed by atoms with Gasteiger partial charge < -0.3 is 5.11 Å². The molecule has 0 bridgehead atoms. The van der Waals surface area contributed by atoms with Gasteiger partial charge in [-0.15, -0.1) is 0 Å². The number of hydrogen-bond acceptors (Lipinski definition) is 2. The Morgan fingerprint density at radius 2 is 2.27 bits per heavy atom. The Kier molecular flexibility index (Phi) is 5.22. The van der Waals surface area contributed by atoms with E-state index in [1.54, 1.807) is 12.1 Å². The minimum absolute atomic E-state index is 0.316. The van der Waals surface area contributed by atoms with Crippen LogP contribution >= 0.6 is 11.6 Å². The molecule has 0 aliphatic rings. The quantitative estimate of drug-likeness (QED) is 0.833. The van der Waals surface area contributed by atoms with Crippen LogP contribution < -0.4 is 0 Å². The van der Waals surface area contributed by atoms with Crippen LogP contribution in [-0.2, 0) is 6.54 Å². The number of hydrogen-bond donors (Lipinski definition) is 1. The number of nitrogens with zero attached hydrogens (tertiary/aromatic N) is 1. The molecule has 0 aliphatic heterocycles. The molecule has 82 valence electrons. The van der Waals surface area contributed by atoms with Crippen LogP contribution in [0.2, 0.25) is 0 Å². The molecule has 0 spiro atoms. The third-order valence-electron chi connectivity index (χ3n) is 2.22. The monoisotopic (exact) mass is 225 g/mol. The molecule has 0 atom stereocenters. The number of rotatable bonds is 5. The summed E-state index contributed by atoms with van der Waals surface area (Å²) in [4.78, 5) is 2.23. The second-order valence-corrected chi connectivity index (χ2v) is 3.61. The van der Waals surface area contributed by atoms with Crippen LogP contribution in [0.5, 0.6) is 5.75 Å². The molecule has 0 saturated heterocycles. The highest BCUT2D eigenvalue weighted by molar-refractivity contribution is 6.25. The third kappa shape index (κ3) is 4.36. The van der Waals surface area contributed by atoms with Crippen molar-refractivity contribution in [3.63, 3.8) is 0 Å². The maximum atomic E-state index is 9.32. The number of halogens is 1. The van der Waals surface area contributed by atoms with Crippen molar-refractivity contribution in [2.24, 2.45) is 0 Å². The van der Waals surface area contributed by atoms with Crippen molar-refractivity contribution in [3.8, 4) is 5.75 Å². The molecule has 0 amide bonds. The van der Waals surface area contributed by atoms with Crippen molar-refractivity contribution in [1.29, 1.82) is 0 Å². The number of phenolic OH excluding ortho intramolecular Hbond substituents is 1. The Morgan fingerprint density at radius 3 is 2.87 bits per heavy atom. The standard InChI is InChI=1S/C12H16ClNO/c1-2-14(8-4-7-13)10-11-5-3-6-12(15)9-11/h3-7,9,15H,2,8,10H2,1H3/b7-4+. The van der Waals surface area contributed by atoms with Gasteiger partial charge in [-0.3, -0.25) is 4.90 Å². The predicted molar refractivity (Wildman–Crippen MR) is 64.1 cm³/mol. The van der Waals surface area contributed by atoms with E-state index in [1.807, 2.05) is 18.2 Å². The number of likely N-dealkylation sites (N-methyl/N-ethyl adjacent to an activating group) is 1. The molecule has 1 aromatic rings. The summed E-state index contributed by atoms with van der Waals surface area (Å²) in [5, 5.41) is 9.32. The molecule has 15 heavy (non-hydrogen) atoms. The van der Waals surface area contributed by atoms with Gasteiger partial charge >= 0.3 is 0 Å². The average Bonchev–Trinajstić information content (AvgIpc) is 2.24. The third-order valence-corrected chi connectivity index (χ3v) is 2.39. The van der Waals surface area contributed by atoms with Crippen molar-refractivity contribution in [3.05, 3.63) is 41.4 Å². The van der Waals surface area contributed by atoms with Gasteiger partial charge in [-0.05, 0) is 24.2 Å². The second kappa shape index (κ2) is 6.49. The molecule has 0 aromatic heterocycles. The fourth-order valence-corrected chi connectivity index (χ4v) is 1.49. The highest BCUT2D eigenvalue weighted by Gasteiger charge is 2.01. The first kappa shape index (κ1) is 12.1. The Hall–Kier alpha value is -0.990. The summed E-state index contributed by atoms with van der Waals surface area (Å²) in [6.07, 6.45) is 1.91. The van der Waals surface area contributed by atoms with Gasteiger partial charge in [0.05, 0.1) is 0 Å². The number of phenols is 1. The van der Waals surface area contributed by atoms with Crippen LogP contribution in [0, 0.1) is 0 Å². The smallest absolute Gasteiger partial charge is 0.115 e. The van der Waals surface area contributed by atoms with Gasteiger partial charge in [0.25, 0.3) is 0 Å². The molecule has 1 aromatic carbocycles. The van der Waals surface area contributed by atoms with Gasteiger partial charge in [-0.1, -0.05) is 36.7 Å². The molecule has 1 N–H and O–H groups in total. The first-order chi connectivity index (χ1) is 7.26. The maximum absolute atomic E-state index is 9.32. The van der Waals surface area contributed by atoms with E-state index in [1.165, 1.54) is 5.54 Å². The summed E-state index contributed by atoms with van der Waals surface area (Å²) in [5.74, 6) is 0.316. The summed E-state index contributed by atoms with van der Waals surface area (Å²) >= 11 is 5.48. The van der Waals surface area contributed by atoms with Crippen LogP contribution in [0.15, 0.2) is 35.9 Å². The Balaban J connectivity index is 2.58. The second-order valence-electron chi connectivity index (χ2n) is 3.36. The Bertz CT molecular complexity index is 325. The van der Waals surface area contributed by atoms with Crippen LogP contribution in [0.3, 0.4) is 0 Å². The fraction of sp³-hybridized carbons (Fsp3) is 0.333.